The lowest BCUT2D eigenvalue weighted by Gasteiger charge is -2.29. The van der Waals surface area contributed by atoms with Gasteiger partial charge in [0.15, 0.2) is 11.5 Å². The molecule has 1 amide bonds. The van der Waals surface area contributed by atoms with Crippen molar-refractivity contribution in [3.63, 3.8) is 0 Å². The number of rotatable bonds is 5. The van der Waals surface area contributed by atoms with Gasteiger partial charge in [0.2, 0.25) is 0 Å². The van der Waals surface area contributed by atoms with Gasteiger partial charge in [-0.25, -0.2) is 4.98 Å². The lowest BCUT2D eigenvalue weighted by atomic mass is 9.93. The van der Waals surface area contributed by atoms with E-state index in [-0.39, 0.29) is 5.91 Å². The van der Waals surface area contributed by atoms with E-state index in [1.54, 1.807) is 17.2 Å². The van der Waals surface area contributed by atoms with Crippen molar-refractivity contribution in [3.8, 4) is 17.6 Å². The number of fused-ring (bicyclic) bond motifs is 2. The van der Waals surface area contributed by atoms with Crippen molar-refractivity contribution < 1.29 is 19.0 Å². The van der Waals surface area contributed by atoms with Crippen LogP contribution >= 0.6 is 0 Å². The summed E-state index contributed by atoms with van der Waals surface area (Å²) in [4.78, 5) is 22.7. The molecule has 0 spiro atoms. The number of benzene rings is 1. The van der Waals surface area contributed by atoms with E-state index in [1.165, 1.54) is 6.42 Å². The number of carbonyl (C=O) groups excluding carboxylic acids is 1. The molecule has 6 rings (SSSR count). The Kier molecular flexibility index (Phi) is 5.54. The molecule has 4 heterocycles. The van der Waals surface area contributed by atoms with Crippen molar-refractivity contribution in [3.05, 3.63) is 35.5 Å². The first-order valence-corrected chi connectivity index (χ1v) is 12.0. The Morgan fingerprint density at radius 3 is 2.66 bits per heavy atom. The third-order valence-electron chi connectivity index (χ3n) is 6.71. The number of hydrogen-bond donors (Lipinski definition) is 3. The van der Waals surface area contributed by atoms with Crippen molar-refractivity contribution in [2.45, 2.75) is 25.3 Å². The second kappa shape index (κ2) is 9.00. The van der Waals surface area contributed by atoms with Gasteiger partial charge in [0.1, 0.15) is 30.7 Å². The van der Waals surface area contributed by atoms with E-state index in [1.807, 2.05) is 12.1 Å². The molecule has 1 aromatic carbocycles. The first-order chi connectivity index (χ1) is 17.2. The van der Waals surface area contributed by atoms with E-state index in [9.17, 15) is 10.1 Å². The van der Waals surface area contributed by atoms with Crippen molar-refractivity contribution in [2.75, 3.05) is 50.2 Å². The van der Waals surface area contributed by atoms with Crippen molar-refractivity contribution >= 4 is 34.1 Å². The number of anilines is 3. The summed E-state index contributed by atoms with van der Waals surface area (Å²) in [7, 11) is 0. The molecule has 1 saturated carbocycles. The van der Waals surface area contributed by atoms with Gasteiger partial charge < -0.3 is 34.7 Å². The summed E-state index contributed by atoms with van der Waals surface area (Å²) in [6, 6.07) is 8.14. The molecule has 10 nitrogen and oxygen atoms in total. The number of ether oxygens (including phenoxy) is 3. The summed E-state index contributed by atoms with van der Waals surface area (Å²) in [6.07, 6.45) is 5.10. The number of nitriles is 1. The number of aromatic amines is 1. The van der Waals surface area contributed by atoms with Crippen LogP contribution in [0.4, 0.5) is 17.2 Å². The molecule has 0 atom stereocenters. The Morgan fingerprint density at radius 1 is 1.11 bits per heavy atom. The summed E-state index contributed by atoms with van der Waals surface area (Å²) in [5.41, 5.74) is 3.18. The minimum absolute atomic E-state index is 0.0939. The number of nitrogens with zero attached hydrogens (tertiary/aromatic N) is 3. The topological polar surface area (TPSA) is 125 Å². The fourth-order valence-corrected chi connectivity index (χ4v) is 4.65. The van der Waals surface area contributed by atoms with E-state index in [0.717, 1.165) is 23.9 Å². The molecule has 0 unspecified atom stereocenters. The van der Waals surface area contributed by atoms with E-state index < -0.39 is 0 Å². The van der Waals surface area contributed by atoms with Crippen LogP contribution in [0.15, 0.2) is 24.4 Å². The Balaban J connectivity index is 1.35. The lowest BCUT2D eigenvalue weighted by Crippen LogP contribution is -2.41. The van der Waals surface area contributed by atoms with Gasteiger partial charge in [0.05, 0.1) is 41.1 Å². The van der Waals surface area contributed by atoms with Crippen molar-refractivity contribution in [1.29, 1.82) is 5.26 Å². The first-order valence-electron chi connectivity index (χ1n) is 12.0. The Bertz CT molecular complexity index is 1320. The zero-order valence-electron chi connectivity index (χ0n) is 19.2. The van der Waals surface area contributed by atoms with E-state index in [4.69, 9.17) is 14.2 Å². The molecule has 0 bridgehead atoms. The van der Waals surface area contributed by atoms with Gasteiger partial charge in [-0.15, -0.1) is 0 Å². The fraction of sp³-hybridized carbons (Fsp3) is 0.400. The zero-order chi connectivity index (χ0) is 23.8. The van der Waals surface area contributed by atoms with Gasteiger partial charge in [-0.1, -0.05) is 0 Å². The number of hydrogen-bond acceptors (Lipinski definition) is 8. The van der Waals surface area contributed by atoms with Crippen molar-refractivity contribution in [1.82, 2.24) is 14.9 Å². The van der Waals surface area contributed by atoms with E-state index in [2.05, 4.69) is 26.7 Å². The molecule has 180 valence electrons. The number of H-pyrrole nitrogens is 1. The minimum Gasteiger partial charge on any atom is -0.485 e. The highest BCUT2D eigenvalue weighted by Gasteiger charge is 2.28. The number of carbonyl (C=O) groups is 1. The van der Waals surface area contributed by atoms with Crippen LogP contribution in [0.2, 0.25) is 0 Å². The highest BCUT2D eigenvalue weighted by atomic mass is 16.6. The van der Waals surface area contributed by atoms with Crippen LogP contribution in [0.25, 0.3) is 11.0 Å². The van der Waals surface area contributed by atoms with Crippen LogP contribution in [0.5, 0.6) is 11.5 Å². The Labute approximate surface area is 202 Å². The van der Waals surface area contributed by atoms with Crippen LogP contribution in [0.3, 0.4) is 0 Å². The fourth-order valence-electron chi connectivity index (χ4n) is 4.65. The predicted molar refractivity (Wildman–Crippen MR) is 130 cm³/mol. The summed E-state index contributed by atoms with van der Waals surface area (Å²) >= 11 is 0. The molecule has 2 aliphatic heterocycles. The normalized spacial score (nSPS) is 17.5. The molecule has 1 saturated heterocycles. The standard InChI is InChI=1S/C25H26N6O4/c26-13-15-14-27-24-21(15)19(28-16-2-1-3-16)12-20(30-24)29-18-5-4-17(22-23(18)35-11-10-34-22)25(32)31-6-8-33-9-7-31/h4-5,12,14,16H,1-3,6-11H2,(H3,27,28,29,30). The summed E-state index contributed by atoms with van der Waals surface area (Å²) in [6.45, 7) is 2.93. The maximum absolute atomic E-state index is 13.2. The SMILES string of the molecule is N#Cc1c[nH]c2nc(Nc3ccc(C(=O)N4CCOCC4)c4c3OCCO4)cc(NC3CCC3)c12. The van der Waals surface area contributed by atoms with E-state index in [0.29, 0.717) is 85.3 Å². The molecule has 1 aliphatic carbocycles. The van der Waals surface area contributed by atoms with Crippen LogP contribution in [-0.4, -0.2) is 66.3 Å². The number of pyridine rings is 1. The van der Waals surface area contributed by atoms with Crippen LogP contribution in [-0.2, 0) is 4.74 Å². The molecule has 10 heteroatoms. The maximum atomic E-state index is 13.2. The molecule has 2 fully saturated rings. The molecule has 0 radical (unpaired) electrons. The van der Waals surface area contributed by atoms with Gasteiger partial charge >= 0.3 is 0 Å². The van der Waals surface area contributed by atoms with Crippen LogP contribution in [0, 0.1) is 11.3 Å². The molecule has 3 N–H and O–H groups in total. The highest BCUT2D eigenvalue weighted by molar-refractivity contribution is 6.00. The second-order valence-corrected chi connectivity index (χ2v) is 8.91. The van der Waals surface area contributed by atoms with Gasteiger partial charge in [0.25, 0.3) is 5.91 Å². The molecular weight excluding hydrogens is 448 g/mol. The molecular formula is C25H26N6O4. The quantitative estimate of drug-likeness (QED) is 0.514. The number of amides is 1. The smallest absolute Gasteiger partial charge is 0.257 e. The first kappa shape index (κ1) is 21.6. The maximum Gasteiger partial charge on any atom is 0.257 e. The highest BCUT2D eigenvalue weighted by Crippen LogP contribution is 2.43. The molecule has 3 aromatic rings. The number of nitrogens with one attached hydrogen (secondary N) is 3. The van der Waals surface area contributed by atoms with Gasteiger partial charge in [-0.2, -0.15) is 5.26 Å². The summed E-state index contributed by atoms with van der Waals surface area (Å²) in [5, 5.41) is 17.2. The number of aromatic nitrogens is 2. The monoisotopic (exact) mass is 474 g/mol. The largest absolute Gasteiger partial charge is 0.485 e. The van der Waals surface area contributed by atoms with Crippen molar-refractivity contribution in [2.24, 2.45) is 0 Å². The summed E-state index contributed by atoms with van der Waals surface area (Å²) < 4.78 is 17.2. The lowest BCUT2D eigenvalue weighted by molar-refractivity contribution is 0.0298. The Morgan fingerprint density at radius 2 is 1.91 bits per heavy atom. The average Bonchev–Trinajstić information content (AvgIpc) is 3.30. The molecule has 35 heavy (non-hydrogen) atoms. The number of morpholine rings is 1. The Hall–Kier alpha value is -3.97. The summed E-state index contributed by atoms with van der Waals surface area (Å²) in [5.74, 6) is 1.44. The van der Waals surface area contributed by atoms with Gasteiger partial charge in [-0.05, 0) is 31.4 Å². The predicted octanol–water partition coefficient (Wildman–Crippen LogP) is 3.39. The molecule has 3 aliphatic rings. The third kappa shape index (κ3) is 3.98. The third-order valence-corrected chi connectivity index (χ3v) is 6.71. The average molecular weight is 475 g/mol. The second-order valence-electron chi connectivity index (χ2n) is 8.91. The van der Waals surface area contributed by atoms with Gasteiger partial charge in [0, 0.05) is 31.4 Å². The minimum atomic E-state index is -0.0939. The van der Waals surface area contributed by atoms with E-state index >= 15 is 0 Å². The van der Waals surface area contributed by atoms with Crippen LogP contribution < -0.4 is 20.1 Å². The van der Waals surface area contributed by atoms with Gasteiger partial charge in [-0.3, -0.25) is 4.79 Å². The zero-order valence-corrected chi connectivity index (χ0v) is 19.2. The van der Waals surface area contributed by atoms with Crippen LogP contribution in [0.1, 0.15) is 35.2 Å². The molecule has 2 aromatic heterocycles.